The lowest BCUT2D eigenvalue weighted by molar-refractivity contribution is 0.0851. The zero-order chi connectivity index (χ0) is 21.1. The van der Waals surface area contributed by atoms with Crippen LogP contribution in [-0.4, -0.2) is 47.5 Å². The first-order valence-electron chi connectivity index (χ1n) is 9.48. The largest absolute Gasteiger partial charge is 0.497 e. The molecule has 1 saturated heterocycles. The summed E-state index contributed by atoms with van der Waals surface area (Å²) < 4.78 is 10.7. The number of H-pyrrole nitrogens is 1. The van der Waals surface area contributed by atoms with Crippen molar-refractivity contribution in [3.05, 3.63) is 64.4 Å². The zero-order valence-electron chi connectivity index (χ0n) is 16.7. The molecule has 1 fully saturated rings. The number of hydrogen-bond donors (Lipinski definition) is 1. The Morgan fingerprint density at radius 3 is 2.77 bits per heavy atom. The first-order valence-corrected chi connectivity index (χ1v) is 10.5. The molecular weight excluding hydrogens is 402 g/mol. The van der Waals surface area contributed by atoms with Crippen molar-refractivity contribution in [1.82, 2.24) is 9.88 Å². The molecule has 30 heavy (non-hydrogen) atoms. The fourth-order valence-corrected chi connectivity index (χ4v) is 4.30. The van der Waals surface area contributed by atoms with Crippen molar-refractivity contribution in [2.75, 3.05) is 26.5 Å². The van der Waals surface area contributed by atoms with E-state index in [0.717, 1.165) is 12.2 Å². The van der Waals surface area contributed by atoms with E-state index in [-0.39, 0.29) is 11.5 Å². The number of pyridine rings is 1. The van der Waals surface area contributed by atoms with Crippen LogP contribution in [0.1, 0.15) is 16.8 Å². The van der Waals surface area contributed by atoms with Crippen molar-refractivity contribution in [2.45, 2.75) is 6.42 Å². The maximum Gasteiger partial charge on any atom is 0.260 e. The number of benzene rings is 2. The summed E-state index contributed by atoms with van der Waals surface area (Å²) in [5, 5.41) is 1.28. The molecule has 2 aromatic carbocycles. The number of fused-ring (bicyclic) bond motifs is 1. The van der Waals surface area contributed by atoms with Gasteiger partial charge < -0.3 is 14.5 Å². The monoisotopic (exact) mass is 423 g/mol. The number of aromatic amines is 1. The molecule has 3 aromatic rings. The summed E-state index contributed by atoms with van der Waals surface area (Å²) in [6.45, 7) is 0.526. The molecule has 7 nitrogen and oxygen atoms in total. The van der Waals surface area contributed by atoms with Gasteiger partial charge >= 0.3 is 0 Å². The molecule has 154 valence electrons. The van der Waals surface area contributed by atoms with E-state index < -0.39 is 0 Å². The molecule has 0 atom stereocenters. The highest BCUT2D eigenvalue weighted by Gasteiger charge is 2.27. The van der Waals surface area contributed by atoms with E-state index in [2.05, 4.69) is 4.98 Å². The minimum Gasteiger partial charge on any atom is -0.497 e. The summed E-state index contributed by atoms with van der Waals surface area (Å²) >= 11 is 1.50. The number of nitrogens with zero attached hydrogens (tertiary/aromatic N) is 2. The average molecular weight is 423 g/mol. The van der Waals surface area contributed by atoms with E-state index in [9.17, 15) is 9.59 Å². The Bertz CT molecular complexity index is 1190. The predicted octanol–water partition coefficient (Wildman–Crippen LogP) is 3.81. The van der Waals surface area contributed by atoms with Gasteiger partial charge in [-0.3, -0.25) is 14.5 Å². The number of ether oxygens (including phenoxy) is 2. The van der Waals surface area contributed by atoms with Crippen LogP contribution in [0, 0.1) is 0 Å². The van der Waals surface area contributed by atoms with Crippen LogP contribution in [0.15, 0.2) is 58.3 Å². The van der Waals surface area contributed by atoms with E-state index in [1.54, 1.807) is 43.4 Å². The van der Waals surface area contributed by atoms with Crippen molar-refractivity contribution in [3.63, 3.8) is 0 Å². The average Bonchev–Trinajstić information content (AvgIpc) is 2.78. The van der Waals surface area contributed by atoms with Gasteiger partial charge in [0.05, 0.1) is 19.8 Å². The normalized spacial score (nSPS) is 15.4. The second kappa shape index (κ2) is 8.62. The molecule has 0 radical (unpaired) electrons. The minimum atomic E-state index is -0.310. The molecule has 0 saturated carbocycles. The number of rotatable bonds is 4. The van der Waals surface area contributed by atoms with Gasteiger partial charge in [-0.15, -0.1) is 0 Å². The van der Waals surface area contributed by atoms with Crippen LogP contribution in [0.25, 0.3) is 10.9 Å². The Hall–Kier alpha value is -3.26. The number of methoxy groups -OCH3 is 2. The molecule has 0 unspecified atom stereocenters. The fraction of sp³-hybridized carbons (Fsp3) is 0.227. The summed E-state index contributed by atoms with van der Waals surface area (Å²) in [6.07, 6.45) is 0.839. The van der Waals surface area contributed by atoms with E-state index in [1.807, 2.05) is 18.2 Å². The molecule has 1 aliphatic rings. The van der Waals surface area contributed by atoms with Gasteiger partial charge in [0.25, 0.3) is 5.91 Å². The minimum absolute atomic E-state index is 0.245. The molecule has 1 aliphatic heterocycles. The summed E-state index contributed by atoms with van der Waals surface area (Å²) in [6, 6.07) is 14.0. The van der Waals surface area contributed by atoms with Crippen molar-refractivity contribution < 1.29 is 14.3 Å². The van der Waals surface area contributed by atoms with Gasteiger partial charge in [-0.05, 0) is 24.6 Å². The predicted molar refractivity (Wildman–Crippen MR) is 119 cm³/mol. The first-order chi connectivity index (χ1) is 14.6. The third-order valence-electron chi connectivity index (χ3n) is 4.82. The van der Waals surface area contributed by atoms with Crippen LogP contribution in [0.5, 0.6) is 11.5 Å². The van der Waals surface area contributed by atoms with Crippen LogP contribution < -0.4 is 15.0 Å². The highest BCUT2D eigenvalue weighted by Crippen LogP contribution is 2.34. The van der Waals surface area contributed by atoms with Gasteiger partial charge in [-0.25, -0.2) is 4.99 Å². The number of nitrogens with one attached hydrogen (secondary N) is 1. The van der Waals surface area contributed by atoms with E-state index in [0.29, 0.717) is 45.4 Å². The number of hydrogen-bond acceptors (Lipinski definition) is 6. The highest BCUT2D eigenvalue weighted by atomic mass is 32.2. The molecule has 0 aliphatic carbocycles. The molecule has 1 amide bonds. The van der Waals surface area contributed by atoms with Crippen LogP contribution in [-0.2, 0) is 0 Å². The quantitative estimate of drug-likeness (QED) is 0.690. The molecule has 4 rings (SSSR count). The molecular formula is C22H21N3O4S. The van der Waals surface area contributed by atoms with E-state index in [1.165, 1.54) is 17.8 Å². The summed E-state index contributed by atoms with van der Waals surface area (Å²) in [4.78, 5) is 34.7. The Balaban J connectivity index is 1.78. The number of aliphatic imine (C=N–C) groups is 1. The number of carbonyl (C=O) groups is 1. The molecule has 1 N–H and O–H groups in total. The number of aromatic nitrogens is 1. The smallest absolute Gasteiger partial charge is 0.260 e. The Labute approximate surface area is 177 Å². The van der Waals surface area contributed by atoms with Gasteiger partial charge in [0, 0.05) is 35.3 Å². The van der Waals surface area contributed by atoms with Crippen molar-refractivity contribution in [1.29, 1.82) is 0 Å². The Morgan fingerprint density at radius 1 is 1.13 bits per heavy atom. The number of carbonyl (C=O) groups excluding carboxylic acids is 1. The summed E-state index contributed by atoms with van der Waals surface area (Å²) in [7, 11) is 3.16. The maximum atomic E-state index is 13.5. The second-order valence-electron chi connectivity index (χ2n) is 6.68. The maximum absolute atomic E-state index is 13.5. The Kier molecular flexibility index (Phi) is 5.76. The lowest BCUT2D eigenvalue weighted by Gasteiger charge is -2.28. The lowest BCUT2D eigenvalue weighted by Crippen LogP contribution is -2.39. The third kappa shape index (κ3) is 3.91. The van der Waals surface area contributed by atoms with Crippen molar-refractivity contribution in [3.8, 4) is 11.5 Å². The number of amides is 1. The zero-order valence-corrected chi connectivity index (χ0v) is 17.5. The summed E-state index contributed by atoms with van der Waals surface area (Å²) in [5.41, 5.74) is 1.26. The second-order valence-corrected chi connectivity index (χ2v) is 7.75. The van der Waals surface area contributed by atoms with Crippen LogP contribution in [0.4, 0.5) is 5.69 Å². The van der Waals surface area contributed by atoms with Gasteiger partial charge in [0.2, 0.25) is 5.56 Å². The SMILES string of the molecule is COc1ccc(OC)c(N=C2SCCCN2C(=O)c2cc(=O)[nH]c3ccccc23)c1. The first kappa shape index (κ1) is 20.0. The van der Waals surface area contributed by atoms with Crippen molar-refractivity contribution >= 4 is 39.4 Å². The number of thioether (sulfide) groups is 1. The van der Waals surface area contributed by atoms with Gasteiger partial charge in [0.15, 0.2) is 5.17 Å². The van der Waals surface area contributed by atoms with E-state index in [4.69, 9.17) is 14.5 Å². The van der Waals surface area contributed by atoms with Crippen LogP contribution >= 0.6 is 11.8 Å². The molecule has 0 bridgehead atoms. The standard InChI is InChI=1S/C22H21N3O4S/c1-28-14-8-9-19(29-2)18(12-14)24-22-25(10-5-11-30-22)21(27)16-13-20(26)23-17-7-4-3-6-15(16)17/h3-4,6-9,12-13H,5,10-11H2,1-2H3,(H,23,26). The molecule has 2 heterocycles. The van der Waals surface area contributed by atoms with Crippen LogP contribution in [0.2, 0.25) is 0 Å². The summed E-state index contributed by atoms with van der Waals surface area (Å²) in [5.74, 6) is 1.84. The van der Waals surface area contributed by atoms with Crippen molar-refractivity contribution in [2.24, 2.45) is 4.99 Å². The lowest BCUT2D eigenvalue weighted by atomic mass is 10.1. The number of amidine groups is 1. The van der Waals surface area contributed by atoms with Crippen LogP contribution in [0.3, 0.4) is 0 Å². The topological polar surface area (TPSA) is 84.0 Å². The van der Waals surface area contributed by atoms with Gasteiger partial charge in [0.1, 0.15) is 17.2 Å². The third-order valence-corrected chi connectivity index (χ3v) is 5.88. The Morgan fingerprint density at radius 2 is 1.97 bits per heavy atom. The molecule has 1 aromatic heterocycles. The fourth-order valence-electron chi connectivity index (χ4n) is 3.35. The number of para-hydroxylation sites is 1. The molecule has 8 heteroatoms. The highest BCUT2D eigenvalue weighted by molar-refractivity contribution is 8.13. The van der Waals surface area contributed by atoms with Gasteiger partial charge in [-0.1, -0.05) is 30.0 Å². The van der Waals surface area contributed by atoms with E-state index >= 15 is 0 Å². The molecule has 0 spiro atoms. The van der Waals surface area contributed by atoms with Gasteiger partial charge in [-0.2, -0.15) is 0 Å².